The van der Waals surface area contributed by atoms with Crippen LogP contribution in [-0.4, -0.2) is 32.0 Å². The van der Waals surface area contributed by atoms with E-state index in [4.69, 9.17) is 11.6 Å². The second-order valence-corrected chi connectivity index (χ2v) is 5.67. The van der Waals surface area contributed by atoms with Gasteiger partial charge in [-0.15, -0.1) is 0 Å². The summed E-state index contributed by atoms with van der Waals surface area (Å²) in [5.74, 6) is 0. The van der Waals surface area contributed by atoms with E-state index in [9.17, 15) is 9.00 Å². The van der Waals surface area contributed by atoms with Gasteiger partial charge in [-0.25, -0.2) is 4.68 Å². The van der Waals surface area contributed by atoms with Gasteiger partial charge in [0.15, 0.2) is 0 Å². The van der Waals surface area contributed by atoms with Crippen LogP contribution in [0.4, 0.5) is 5.69 Å². The van der Waals surface area contributed by atoms with Gasteiger partial charge in [-0.1, -0.05) is 11.6 Å². The average Bonchev–Trinajstić information content (AvgIpc) is 2.24. The lowest BCUT2D eigenvalue weighted by Crippen LogP contribution is -2.24. The van der Waals surface area contributed by atoms with Crippen LogP contribution in [0.15, 0.2) is 11.0 Å². The molecule has 0 saturated carbocycles. The van der Waals surface area contributed by atoms with Crippen molar-refractivity contribution in [3.05, 3.63) is 21.6 Å². The molecule has 0 amide bonds. The molecule has 0 aliphatic heterocycles. The van der Waals surface area contributed by atoms with Gasteiger partial charge >= 0.3 is 0 Å². The maximum absolute atomic E-state index is 11.4. The summed E-state index contributed by atoms with van der Waals surface area (Å²) in [6, 6.07) is 0. The number of hydrogen-bond acceptors (Lipinski definition) is 4. The monoisotopic (exact) mass is 263 g/mol. The molecule has 0 saturated heterocycles. The maximum Gasteiger partial charge on any atom is 0.287 e. The Hall–Kier alpha value is -0.880. The molecule has 7 heteroatoms. The third-order valence-electron chi connectivity index (χ3n) is 2.22. The van der Waals surface area contributed by atoms with Crippen molar-refractivity contribution >= 4 is 28.1 Å². The van der Waals surface area contributed by atoms with Gasteiger partial charge in [0.2, 0.25) is 0 Å². The zero-order valence-electron chi connectivity index (χ0n) is 9.36. The van der Waals surface area contributed by atoms with E-state index in [1.807, 2.05) is 6.92 Å². The molecule has 2 unspecified atom stereocenters. The van der Waals surface area contributed by atoms with E-state index >= 15 is 0 Å². The van der Waals surface area contributed by atoms with Crippen LogP contribution in [0.1, 0.15) is 6.92 Å². The highest BCUT2D eigenvalue weighted by atomic mass is 35.5. The third kappa shape index (κ3) is 3.05. The minimum atomic E-state index is -0.910. The molecule has 0 spiro atoms. The van der Waals surface area contributed by atoms with E-state index in [0.29, 0.717) is 12.2 Å². The summed E-state index contributed by atoms with van der Waals surface area (Å²) in [4.78, 5) is 11.4. The summed E-state index contributed by atoms with van der Waals surface area (Å²) < 4.78 is 12.3. The van der Waals surface area contributed by atoms with Crippen molar-refractivity contribution in [2.24, 2.45) is 7.05 Å². The lowest BCUT2D eigenvalue weighted by molar-refractivity contribution is 0.678. The first kappa shape index (κ1) is 13.2. The molecule has 1 aromatic heterocycles. The first-order chi connectivity index (χ1) is 7.43. The number of aryl methyl sites for hydroxylation is 1. The van der Waals surface area contributed by atoms with Gasteiger partial charge in [-0.3, -0.25) is 9.00 Å². The first-order valence-electron chi connectivity index (χ1n) is 4.71. The van der Waals surface area contributed by atoms with Gasteiger partial charge < -0.3 is 5.32 Å². The molecular formula is C9H14ClN3O2S. The highest BCUT2D eigenvalue weighted by Gasteiger charge is 2.10. The SMILES string of the molecule is CC(CNc1cnn(C)c(=O)c1Cl)S(C)=O. The van der Waals surface area contributed by atoms with E-state index in [0.717, 1.165) is 4.68 Å². The van der Waals surface area contributed by atoms with Gasteiger partial charge in [-0.2, -0.15) is 5.10 Å². The van der Waals surface area contributed by atoms with Crippen LogP contribution < -0.4 is 10.9 Å². The standard InChI is InChI=1S/C9H14ClN3O2S/c1-6(16(3)15)4-11-7-5-12-13(2)9(14)8(7)10/h5-6,11H,4H2,1-3H3. The number of nitrogens with zero attached hydrogens (tertiary/aromatic N) is 2. The lowest BCUT2D eigenvalue weighted by Gasteiger charge is -2.11. The highest BCUT2D eigenvalue weighted by Crippen LogP contribution is 2.14. The van der Waals surface area contributed by atoms with Gasteiger partial charge in [0, 0.05) is 35.9 Å². The van der Waals surface area contributed by atoms with Crippen molar-refractivity contribution in [2.45, 2.75) is 12.2 Å². The Morgan fingerprint density at radius 1 is 1.69 bits per heavy atom. The molecule has 0 aliphatic carbocycles. The van der Waals surface area contributed by atoms with Crippen LogP contribution in [0.5, 0.6) is 0 Å². The van der Waals surface area contributed by atoms with E-state index in [-0.39, 0.29) is 15.8 Å². The molecule has 1 heterocycles. The van der Waals surface area contributed by atoms with Gasteiger partial charge in [-0.05, 0) is 6.92 Å². The molecule has 0 radical (unpaired) electrons. The zero-order valence-corrected chi connectivity index (χ0v) is 10.9. The van der Waals surface area contributed by atoms with Crippen LogP contribution in [0, 0.1) is 0 Å². The number of nitrogens with one attached hydrogen (secondary N) is 1. The second kappa shape index (κ2) is 5.45. The Labute approximate surface area is 101 Å². The van der Waals surface area contributed by atoms with Crippen molar-refractivity contribution in [1.29, 1.82) is 0 Å². The van der Waals surface area contributed by atoms with Crippen LogP contribution >= 0.6 is 11.6 Å². The zero-order chi connectivity index (χ0) is 12.3. The molecule has 1 rings (SSSR count). The number of halogens is 1. The fourth-order valence-corrected chi connectivity index (χ4v) is 1.56. The minimum Gasteiger partial charge on any atom is -0.381 e. The summed E-state index contributed by atoms with van der Waals surface area (Å²) in [6.45, 7) is 2.34. The molecule has 0 aliphatic rings. The van der Waals surface area contributed by atoms with Gasteiger partial charge in [0.1, 0.15) is 5.02 Å². The molecule has 0 fully saturated rings. The van der Waals surface area contributed by atoms with Gasteiger partial charge in [0.05, 0.1) is 11.9 Å². The molecule has 16 heavy (non-hydrogen) atoms. The van der Waals surface area contributed by atoms with E-state index in [1.165, 1.54) is 13.2 Å². The van der Waals surface area contributed by atoms with Crippen molar-refractivity contribution in [1.82, 2.24) is 9.78 Å². The van der Waals surface area contributed by atoms with Crippen molar-refractivity contribution in [2.75, 3.05) is 18.1 Å². The first-order valence-corrected chi connectivity index (χ1v) is 6.71. The number of anilines is 1. The van der Waals surface area contributed by atoms with E-state index in [2.05, 4.69) is 10.4 Å². The summed E-state index contributed by atoms with van der Waals surface area (Å²) in [5, 5.41) is 6.89. The molecular weight excluding hydrogens is 250 g/mol. The predicted octanol–water partition coefficient (Wildman–Crippen LogP) is 0.613. The van der Waals surface area contributed by atoms with Crippen molar-refractivity contribution in [3.63, 3.8) is 0 Å². The van der Waals surface area contributed by atoms with E-state index in [1.54, 1.807) is 6.26 Å². The largest absolute Gasteiger partial charge is 0.381 e. The van der Waals surface area contributed by atoms with Crippen molar-refractivity contribution < 1.29 is 4.21 Å². The Kier molecular flexibility index (Phi) is 4.49. The lowest BCUT2D eigenvalue weighted by atomic mass is 10.4. The topological polar surface area (TPSA) is 64.0 Å². The van der Waals surface area contributed by atoms with Crippen LogP contribution in [0.25, 0.3) is 0 Å². The van der Waals surface area contributed by atoms with E-state index < -0.39 is 10.8 Å². The highest BCUT2D eigenvalue weighted by molar-refractivity contribution is 7.84. The van der Waals surface area contributed by atoms with Crippen LogP contribution in [-0.2, 0) is 17.8 Å². The summed E-state index contributed by atoms with van der Waals surface area (Å²) in [7, 11) is 0.620. The van der Waals surface area contributed by atoms with Gasteiger partial charge in [0.25, 0.3) is 5.56 Å². The Bertz CT molecular complexity index is 461. The minimum absolute atomic E-state index is 0.0138. The molecule has 0 aromatic carbocycles. The molecule has 90 valence electrons. The molecule has 5 nitrogen and oxygen atoms in total. The fourth-order valence-electron chi connectivity index (χ4n) is 1.00. The second-order valence-electron chi connectivity index (χ2n) is 3.49. The smallest absolute Gasteiger partial charge is 0.287 e. The number of aromatic nitrogens is 2. The van der Waals surface area contributed by atoms with Crippen molar-refractivity contribution in [3.8, 4) is 0 Å². The normalized spacial score (nSPS) is 14.5. The quantitative estimate of drug-likeness (QED) is 0.865. The molecule has 0 bridgehead atoms. The fraction of sp³-hybridized carbons (Fsp3) is 0.556. The third-order valence-corrected chi connectivity index (χ3v) is 3.89. The number of hydrogen-bond donors (Lipinski definition) is 1. The summed E-state index contributed by atoms with van der Waals surface area (Å²) in [5.41, 5.74) is 0.124. The van der Waals surface area contributed by atoms with Crippen LogP contribution in [0.2, 0.25) is 5.02 Å². The Balaban J connectivity index is 2.80. The number of rotatable bonds is 4. The summed E-state index contributed by atoms with van der Waals surface area (Å²) >= 11 is 5.85. The molecule has 2 atom stereocenters. The average molecular weight is 264 g/mol. The predicted molar refractivity (Wildman–Crippen MR) is 66.5 cm³/mol. The Morgan fingerprint density at radius 2 is 2.31 bits per heavy atom. The molecule has 1 N–H and O–H groups in total. The molecule has 1 aromatic rings. The maximum atomic E-state index is 11.4. The summed E-state index contributed by atoms with van der Waals surface area (Å²) in [6.07, 6.45) is 3.12. The Morgan fingerprint density at radius 3 is 2.88 bits per heavy atom. The van der Waals surface area contributed by atoms with Crippen LogP contribution in [0.3, 0.4) is 0 Å².